The van der Waals surface area contributed by atoms with Gasteiger partial charge < -0.3 is 9.47 Å². The fourth-order valence-electron chi connectivity index (χ4n) is 2.28. The van der Waals surface area contributed by atoms with Crippen LogP contribution >= 0.6 is 27.7 Å². The van der Waals surface area contributed by atoms with Crippen LogP contribution in [0.2, 0.25) is 0 Å². The number of carbonyl (C=O) groups is 2. The third-order valence-electron chi connectivity index (χ3n) is 3.29. The van der Waals surface area contributed by atoms with Gasteiger partial charge >= 0.3 is 0 Å². The van der Waals surface area contributed by atoms with Gasteiger partial charge in [0.25, 0.3) is 11.1 Å². The maximum atomic E-state index is 12.4. The Labute approximate surface area is 154 Å². The van der Waals surface area contributed by atoms with E-state index in [0.29, 0.717) is 29.6 Å². The molecule has 1 fully saturated rings. The van der Waals surface area contributed by atoms with Gasteiger partial charge in [0, 0.05) is 17.7 Å². The number of hydrogen-bond acceptors (Lipinski definition) is 5. The van der Waals surface area contributed by atoms with Gasteiger partial charge in [0.2, 0.25) is 0 Å². The predicted octanol–water partition coefficient (Wildman–Crippen LogP) is 4.69. The average Bonchev–Trinajstić information content (AvgIpc) is 2.78. The Hall–Kier alpha value is -1.47. The van der Waals surface area contributed by atoms with Crippen molar-refractivity contribution in [1.29, 1.82) is 0 Å². The molecule has 1 heterocycles. The van der Waals surface area contributed by atoms with Crippen LogP contribution < -0.4 is 9.47 Å². The molecule has 7 heteroatoms. The summed E-state index contributed by atoms with van der Waals surface area (Å²) in [6.07, 6.45) is 1.69. The summed E-state index contributed by atoms with van der Waals surface area (Å²) in [5.41, 5.74) is 0.724. The second-order valence-electron chi connectivity index (χ2n) is 5.33. The van der Waals surface area contributed by atoms with Gasteiger partial charge in [-0.1, -0.05) is 0 Å². The van der Waals surface area contributed by atoms with E-state index >= 15 is 0 Å². The van der Waals surface area contributed by atoms with Gasteiger partial charge in [-0.2, -0.15) is 0 Å². The summed E-state index contributed by atoms with van der Waals surface area (Å²) in [4.78, 5) is 26.1. The van der Waals surface area contributed by atoms with Crippen molar-refractivity contribution in [2.45, 2.75) is 33.7 Å². The van der Waals surface area contributed by atoms with Crippen LogP contribution in [0, 0.1) is 0 Å². The molecule has 1 aliphatic rings. The average molecular weight is 414 g/mol. The van der Waals surface area contributed by atoms with E-state index in [4.69, 9.17) is 9.47 Å². The third kappa shape index (κ3) is 3.95. The van der Waals surface area contributed by atoms with E-state index in [0.717, 1.165) is 21.8 Å². The second-order valence-corrected chi connectivity index (χ2v) is 7.18. The maximum Gasteiger partial charge on any atom is 0.293 e. The van der Waals surface area contributed by atoms with E-state index in [1.807, 2.05) is 33.8 Å². The Bertz CT molecular complexity index is 687. The predicted molar refractivity (Wildman–Crippen MR) is 99.4 cm³/mol. The van der Waals surface area contributed by atoms with E-state index in [1.165, 1.54) is 4.90 Å². The minimum atomic E-state index is -0.271. The second kappa shape index (κ2) is 8.07. The summed E-state index contributed by atoms with van der Waals surface area (Å²) in [5.74, 6) is 1.02. The first kappa shape index (κ1) is 18.9. The van der Waals surface area contributed by atoms with Crippen LogP contribution in [0.3, 0.4) is 0 Å². The maximum absolute atomic E-state index is 12.4. The standard InChI is InChI=1S/C17H20BrNO4S/c1-5-22-13-9-14(23-6-2)12(18)7-11(13)8-15-16(20)19(10(3)4)17(21)24-15/h7-10H,5-6H2,1-4H3/b15-8+. The molecule has 0 bridgehead atoms. The smallest absolute Gasteiger partial charge is 0.293 e. The highest BCUT2D eigenvalue weighted by Crippen LogP contribution is 2.38. The van der Waals surface area contributed by atoms with Crippen molar-refractivity contribution in [3.63, 3.8) is 0 Å². The Morgan fingerprint density at radius 1 is 1.17 bits per heavy atom. The lowest BCUT2D eigenvalue weighted by Gasteiger charge is -2.16. The molecule has 5 nitrogen and oxygen atoms in total. The van der Waals surface area contributed by atoms with Crippen LogP contribution in [0.4, 0.5) is 4.79 Å². The fraction of sp³-hybridized carbons (Fsp3) is 0.412. The summed E-state index contributed by atoms with van der Waals surface area (Å²) in [6, 6.07) is 3.46. The van der Waals surface area contributed by atoms with Crippen LogP contribution in [0.15, 0.2) is 21.5 Å². The van der Waals surface area contributed by atoms with E-state index < -0.39 is 0 Å². The molecule has 130 valence electrons. The van der Waals surface area contributed by atoms with Crippen LogP contribution in [0.1, 0.15) is 33.3 Å². The monoisotopic (exact) mass is 413 g/mol. The molecule has 1 saturated heterocycles. The van der Waals surface area contributed by atoms with Gasteiger partial charge in [-0.25, -0.2) is 0 Å². The molecule has 0 N–H and O–H groups in total. The summed E-state index contributed by atoms with van der Waals surface area (Å²) >= 11 is 4.41. The number of carbonyl (C=O) groups excluding carboxylic acids is 2. The lowest BCUT2D eigenvalue weighted by molar-refractivity contribution is -0.123. The van der Waals surface area contributed by atoms with Crippen LogP contribution in [-0.4, -0.2) is 35.3 Å². The number of halogens is 1. The number of hydrogen-bond donors (Lipinski definition) is 0. The molecule has 0 unspecified atom stereocenters. The van der Waals surface area contributed by atoms with Crippen molar-refractivity contribution in [1.82, 2.24) is 4.90 Å². The lowest BCUT2D eigenvalue weighted by Crippen LogP contribution is -2.34. The number of thioether (sulfide) groups is 1. The minimum Gasteiger partial charge on any atom is -0.493 e. The molecule has 0 aromatic heterocycles. The normalized spacial score (nSPS) is 16.4. The summed E-state index contributed by atoms with van der Waals surface area (Å²) in [6.45, 7) is 8.45. The van der Waals surface area contributed by atoms with Crippen LogP contribution in [-0.2, 0) is 4.79 Å². The molecule has 2 amide bonds. The third-order valence-corrected chi connectivity index (χ3v) is 4.79. The molecule has 1 aromatic carbocycles. The molecule has 24 heavy (non-hydrogen) atoms. The van der Waals surface area contributed by atoms with Crippen LogP contribution in [0.5, 0.6) is 11.5 Å². The molecule has 1 aromatic rings. The highest BCUT2D eigenvalue weighted by molar-refractivity contribution is 9.10. The Balaban J connectivity index is 2.43. The minimum absolute atomic E-state index is 0.165. The number of nitrogens with zero attached hydrogens (tertiary/aromatic N) is 1. The van der Waals surface area contributed by atoms with Gasteiger partial charge in [0.15, 0.2) is 0 Å². The van der Waals surface area contributed by atoms with Crippen molar-refractivity contribution in [2.75, 3.05) is 13.2 Å². The van der Waals surface area contributed by atoms with Crippen molar-refractivity contribution in [3.8, 4) is 11.5 Å². The summed E-state index contributed by atoms with van der Waals surface area (Å²) in [5, 5.41) is -0.246. The lowest BCUT2D eigenvalue weighted by atomic mass is 10.1. The first-order valence-electron chi connectivity index (χ1n) is 7.75. The van der Waals surface area contributed by atoms with Gasteiger partial charge in [-0.05, 0) is 67.5 Å². The van der Waals surface area contributed by atoms with E-state index in [2.05, 4.69) is 15.9 Å². The molecular formula is C17H20BrNO4S. The summed E-state index contributed by atoms with van der Waals surface area (Å²) in [7, 11) is 0. The number of rotatable bonds is 6. The van der Waals surface area contributed by atoms with Crippen LogP contribution in [0.25, 0.3) is 6.08 Å². The first-order chi connectivity index (χ1) is 11.4. The topological polar surface area (TPSA) is 55.8 Å². The quantitative estimate of drug-likeness (QED) is 0.632. The van der Waals surface area contributed by atoms with Crippen molar-refractivity contribution in [3.05, 3.63) is 27.1 Å². The van der Waals surface area contributed by atoms with Gasteiger partial charge in [0.1, 0.15) is 11.5 Å². The summed E-state index contributed by atoms with van der Waals surface area (Å²) < 4.78 is 12.0. The Morgan fingerprint density at radius 3 is 2.33 bits per heavy atom. The Kier molecular flexibility index (Phi) is 6.34. The molecule has 0 aliphatic carbocycles. The van der Waals surface area contributed by atoms with Crippen molar-refractivity contribution >= 4 is 44.9 Å². The molecule has 0 saturated carbocycles. The molecular weight excluding hydrogens is 394 g/mol. The van der Waals surface area contributed by atoms with E-state index in [1.54, 1.807) is 12.1 Å². The molecule has 1 aliphatic heterocycles. The molecule has 2 rings (SSSR count). The fourth-order valence-corrected chi connectivity index (χ4v) is 3.70. The number of imide groups is 1. The largest absolute Gasteiger partial charge is 0.493 e. The Morgan fingerprint density at radius 2 is 1.79 bits per heavy atom. The van der Waals surface area contributed by atoms with E-state index in [-0.39, 0.29) is 17.2 Å². The van der Waals surface area contributed by atoms with Crippen molar-refractivity contribution in [2.24, 2.45) is 0 Å². The van der Waals surface area contributed by atoms with Gasteiger partial charge in [0.05, 0.1) is 22.6 Å². The van der Waals surface area contributed by atoms with Crippen molar-refractivity contribution < 1.29 is 19.1 Å². The molecule has 0 atom stereocenters. The number of ether oxygens (including phenoxy) is 2. The zero-order valence-electron chi connectivity index (χ0n) is 14.1. The number of benzene rings is 1. The van der Waals surface area contributed by atoms with Gasteiger partial charge in [-0.3, -0.25) is 14.5 Å². The van der Waals surface area contributed by atoms with E-state index in [9.17, 15) is 9.59 Å². The first-order valence-corrected chi connectivity index (χ1v) is 9.36. The molecule has 0 spiro atoms. The molecule has 0 radical (unpaired) electrons. The number of amides is 2. The highest BCUT2D eigenvalue weighted by Gasteiger charge is 2.36. The van der Waals surface area contributed by atoms with Gasteiger partial charge in [-0.15, -0.1) is 0 Å². The highest BCUT2D eigenvalue weighted by atomic mass is 79.9. The SMILES string of the molecule is CCOc1cc(OCC)c(/C=C2/SC(=O)N(C(C)C)C2=O)cc1Br. The zero-order valence-corrected chi connectivity index (χ0v) is 16.5. The zero-order chi connectivity index (χ0) is 17.9.